The van der Waals surface area contributed by atoms with Crippen molar-refractivity contribution in [3.63, 3.8) is 0 Å². The van der Waals surface area contributed by atoms with Crippen molar-refractivity contribution in [1.29, 1.82) is 0 Å². The van der Waals surface area contributed by atoms with Gasteiger partial charge in [0.15, 0.2) is 9.84 Å². The molecule has 4 nitrogen and oxygen atoms in total. The molecule has 1 atom stereocenters. The summed E-state index contributed by atoms with van der Waals surface area (Å²) < 4.78 is 22.6. The summed E-state index contributed by atoms with van der Waals surface area (Å²) in [6.07, 6.45) is 3.83. The van der Waals surface area contributed by atoms with E-state index in [2.05, 4.69) is 5.32 Å². The highest BCUT2D eigenvalue weighted by atomic mass is 32.2. The maximum Gasteiger partial charge on any atom is 0.151 e. The number of sulfone groups is 1. The molecular formula is C9H20N2O2S. The van der Waals surface area contributed by atoms with Crippen LogP contribution in [0.25, 0.3) is 0 Å². The van der Waals surface area contributed by atoms with Gasteiger partial charge in [-0.1, -0.05) is 0 Å². The van der Waals surface area contributed by atoms with Gasteiger partial charge in [-0.25, -0.2) is 8.42 Å². The van der Waals surface area contributed by atoms with Crippen molar-refractivity contribution in [2.24, 2.45) is 5.73 Å². The lowest BCUT2D eigenvalue weighted by atomic mass is 10.2. The Balaban J connectivity index is 2.18. The van der Waals surface area contributed by atoms with Gasteiger partial charge in [-0.15, -0.1) is 0 Å². The second kappa shape index (κ2) is 5.68. The molecule has 1 heterocycles. The Hall–Kier alpha value is -0.130. The van der Waals surface area contributed by atoms with Crippen LogP contribution in [0.15, 0.2) is 0 Å². The predicted molar refractivity (Wildman–Crippen MR) is 58.0 cm³/mol. The second-order valence-electron chi connectivity index (χ2n) is 3.90. The molecule has 0 aliphatic carbocycles. The zero-order valence-corrected chi connectivity index (χ0v) is 9.35. The molecule has 1 rings (SSSR count). The van der Waals surface area contributed by atoms with Crippen LogP contribution in [0.1, 0.15) is 25.7 Å². The molecule has 0 radical (unpaired) electrons. The summed E-state index contributed by atoms with van der Waals surface area (Å²) in [7, 11) is -2.76. The third kappa shape index (κ3) is 4.39. The molecule has 14 heavy (non-hydrogen) atoms. The summed E-state index contributed by atoms with van der Waals surface area (Å²) >= 11 is 0. The van der Waals surface area contributed by atoms with E-state index in [4.69, 9.17) is 5.73 Å². The smallest absolute Gasteiger partial charge is 0.151 e. The molecule has 0 aromatic carbocycles. The van der Waals surface area contributed by atoms with Crippen molar-refractivity contribution in [1.82, 2.24) is 5.32 Å². The van der Waals surface area contributed by atoms with Gasteiger partial charge in [0.25, 0.3) is 0 Å². The number of nitrogens with one attached hydrogen (secondary N) is 1. The van der Waals surface area contributed by atoms with Crippen molar-refractivity contribution in [3.05, 3.63) is 0 Å². The minimum absolute atomic E-state index is 0.173. The minimum atomic E-state index is -2.76. The molecule has 3 N–H and O–H groups in total. The van der Waals surface area contributed by atoms with E-state index in [0.29, 0.717) is 18.1 Å². The third-order valence-electron chi connectivity index (χ3n) is 2.53. The molecule has 0 aromatic heterocycles. The van der Waals surface area contributed by atoms with E-state index in [1.165, 1.54) is 0 Å². The first-order chi connectivity index (χ1) is 6.64. The molecule has 1 aliphatic heterocycles. The maximum absolute atomic E-state index is 11.3. The number of nitrogens with two attached hydrogens (primary N) is 1. The van der Waals surface area contributed by atoms with E-state index in [1.807, 2.05) is 0 Å². The molecule has 0 amide bonds. The zero-order chi connectivity index (χ0) is 10.4. The van der Waals surface area contributed by atoms with Crippen LogP contribution in [-0.4, -0.2) is 39.1 Å². The zero-order valence-electron chi connectivity index (χ0n) is 8.54. The van der Waals surface area contributed by atoms with Gasteiger partial charge in [0.2, 0.25) is 0 Å². The van der Waals surface area contributed by atoms with Crippen LogP contribution >= 0.6 is 0 Å². The predicted octanol–water partition coefficient (Wildman–Crippen LogP) is -0.108. The fourth-order valence-corrected chi connectivity index (χ4v) is 3.43. The van der Waals surface area contributed by atoms with Crippen molar-refractivity contribution in [3.8, 4) is 0 Å². The molecule has 0 spiro atoms. The van der Waals surface area contributed by atoms with Crippen LogP contribution in [-0.2, 0) is 9.84 Å². The van der Waals surface area contributed by atoms with Gasteiger partial charge < -0.3 is 11.1 Å². The van der Waals surface area contributed by atoms with E-state index >= 15 is 0 Å². The minimum Gasteiger partial charge on any atom is -0.330 e. The van der Waals surface area contributed by atoms with Gasteiger partial charge in [0.1, 0.15) is 0 Å². The van der Waals surface area contributed by atoms with E-state index in [-0.39, 0.29) is 6.04 Å². The van der Waals surface area contributed by atoms with E-state index in [9.17, 15) is 8.42 Å². The molecular weight excluding hydrogens is 200 g/mol. The molecule has 1 fully saturated rings. The highest BCUT2D eigenvalue weighted by molar-refractivity contribution is 7.91. The first kappa shape index (κ1) is 11.9. The normalized spacial score (nSPS) is 26.2. The highest BCUT2D eigenvalue weighted by Gasteiger charge is 2.23. The topological polar surface area (TPSA) is 72.2 Å². The summed E-state index contributed by atoms with van der Waals surface area (Å²) in [5, 5.41) is 3.28. The average molecular weight is 220 g/mol. The van der Waals surface area contributed by atoms with Crippen molar-refractivity contribution >= 4 is 9.84 Å². The fraction of sp³-hybridized carbons (Fsp3) is 1.00. The average Bonchev–Trinajstić information content (AvgIpc) is 2.11. The lowest BCUT2D eigenvalue weighted by molar-refractivity contribution is 0.473. The summed E-state index contributed by atoms with van der Waals surface area (Å²) in [6.45, 7) is 1.60. The first-order valence-electron chi connectivity index (χ1n) is 5.28. The summed E-state index contributed by atoms with van der Waals surface area (Å²) in [6, 6.07) is 0.173. The van der Waals surface area contributed by atoms with Gasteiger partial charge in [0.05, 0.1) is 11.5 Å². The van der Waals surface area contributed by atoms with Crippen LogP contribution in [0.4, 0.5) is 0 Å². The van der Waals surface area contributed by atoms with Crippen LogP contribution < -0.4 is 11.1 Å². The summed E-state index contributed by atoms with van der Waals surface area (Å²) in [4.78, 5) is 0. The SMILES string of the molecule is NCCCCNC1CCCS(=O)(=O)C1. The summed E-state index contributed by atoms with van der Waals surface area (Å²) in [5.74, 6) is 0.684. The fourth-order valence-electron chi connectivity index (χ4n) is 1.76. The number of hydrogen-bond acceptors (Lipinski definition) is 4. The van der Waals surface area contributed by atoms with E-state index in [1.54, 1.807) is 0 Å². The van der Waals surface area contributed by atoms with Gasteiger partial charge >= 0.3 is 0 Å². The van der Waals surface area contributed by atoms with Crippen molar-refractivity contribution in [2.75, 3.05) is 24.6 Å². The highest BCUT2D eigenvalue weighted by Crippen LogP contribution is 2.11. The standard InChI is InChI=1S/C9H20N2O2S/c10-5-1-2-6-11-9-4-3-7-14(12,13)8-9/h9,11H,1-8,10H2. The second-order valence-corrected chi connectivity index (χ2v) is 6.13. The largest absolute Gasteiger partial charge is 0.330 e. The van der Waals surface area contributed by atoms with Crippen LogP contribution in [0, 0.1) is 0 Å². The van der Waals surface area contributed by atoms with Crippen LogP contribution in [0.3, 0.4) is 0 Å². The monoisotopic (exact) mass is 220 g/mol. The van der Waals surface area contributed by atoms with Crippen LogP contribution in [0.2, 0.25) is 0 Å². The molecule has 1 unspecified atom stereocenters. The third-order valence-corrected chi connectivity index (χ3v) is 4.35. The van der Waals surface area contributed by atoms with Crippen molar-refractivity contribution in [2.45, 2.75) is 31.7 Å². The number of unbranched alkanes of at least 4 members (excludes halogenated alkanes) is 1. The van der Waals surface area contributed by atoms with E-state index < -0.39 is 9.84 Å². The van der Waals surface area contributed by atoms with Gasteiger partial charge in [0, 0.05) is 6.04 Å². The first-order valence-corrected chi connectivity index (χ1v) is 7.10. The number of hydrogen-bond donors (Lipinski definition) is 2. The Morgan fingerprint density at radius 2 is 2.14 bits per heavy atom. The Morgan fingerprint density at radius 1 is 1.36 bits per heavy atom. The Morgan fingerprint density at radius 3 is 2.79 bits per heavy atom. The van der Waals surface area contributed by atoms with E-state index in [0.717, 1.165) is 32.2 Å². The summed E-state index contributed by atoms with van der Waals surface area (Å²) in [5.41, 5.74) is 5.37. The molecule has 1 saturated heterocycles. The molecule has 0 aromatic rings. The lowest BCUT2D eigenvalue weighted by Crippen LogP contribution is -2.40. The molecule has 5 heteroatoms. The Bertz CT molecular complexity index is 252. The van der Waals surface area contributed by atoms with Crippen LogP contribution in [0.5, 0.6) is 0 Å². The molecule has 0 bridgehead atoms. The van der Waals surface area contributed by atoms with Crippen molar-refractivity contribution < 1.29 is 8.42 Å². The van der Waals surface area contributed by atoms with Gasteiger partial charge in [-0.3, -0.25) is 0 Å². The lowest BCUT2D eigenvalue weighted by Gasteiger charge is -2.22. The van der Waals surface area contributed by atoms with Gasteiger partial charge in [-0.2, -0.15) is 0 Å². The number of rotatable bonds is 5. The Labute approximate surface area is 86.2 Å². The molecule has 84 valence electrons. The molecule has 1 aliphatic rings. The molecule has 0 saturated carbocycles. The Kier molecular flexibility index (Phi) is 4.84. The van der Waals surface area contributed by atoms with Gasteiger partial charge in [-0.05, 0) is 38.8 Å². The quantitative estimate of drug-likeness (QED) is 0.634. The maximum atomic E-state index is 11.3.